The van der Waals surface area contributed by atoms with Crippen LogP contribution in [0.15, 0.2) is 72.1 Å². The molecular formula is C21H19NO3S. The first-order valence-electron chi connectivity index (χ1n) is 8.25. The molecule has 4 nitrogen and oxygen atoms in total. The predicted octanol–water partition coefficient (Wildman–Crippen LogP) is 4.24. The summed E-state index contributed by atoms with van der Waals surface area (Å²) in [4.78, 5) is 24.7. The van der Waals surface area contributed by atoms with Gasteiger partial charge in [0.15, 0.2) is 12.4 Å². The van der Waals surface area contributed by atoms with Crippen LogP contribution < -0.4 is 10.1 Å². The van der Waals surface area contributed by atoms with Gasteiger partial charge >= 0.3 is 0 Å². The molecule has 1 N–H and O–H groups in total. The summed E-state index contributed by atoms with van der Waals surface area (Å²) in [5.74, 6) is 0.344. The molecule has 0 aliphatic carbocycles. The van der Waals surface area contributed by atoms with E-state index < -0.39 is 0 Å². The predicted molar refractivity (Wildman–Crippen MR) is 103 cm³/mol. The molecule has 0 aliphatic rings. The second-order valence-corrected chi connectivity index (χ2v) is 6.78. The third-order valence-electron chi connectivity index (χ3n) is 3.90. The van der Waals surface area contributed by atoms with Crippen LogP contribution in [0.2, 0.25) is 0 Å². The van der Waals surface area contributed by atoms with Gasteiger partial charge in [-0.25, -0.2) is 0 Å². The molecule has 1 amide bonds. The van der Waals surface area contributed by atoms with Crippen molar-refractivity contribution in [2.45, 2.75) is 13.0 Å². The van der Waals surface area contributed by atoms with Crippen LogP contribution >= 0.6 is 11.3 Å². The number of hydrogen-bond acceptors (Lipinski definition) is 4. The van der Waals surface area contributed by atoms with Gasteiger partial charge in [0, 0.05) is 10.4 Å². The number of thiophene rings is 1. The summed E-state index contributed by atoms with van der Waals surface area (Å²) in [6.07, 6.45) is 0. The van der Waals surface area contributed by atoms with Crippen molar-refractivity contribution in [1.29, 1.82) is 0 Å². The maximum atomic E-state index is 12.4. The molecule has 5 heteroatoms. The molecule has 3 rings (SSSR count). The molecule has 26 heavy (non-hydrogen) atoms. The SMILES string of the molecule is CC(=O)c1ccc(OCC(=O)N[C@@H](c2ccccc2)c2cccs2)cc1. The van der Waals surface area contributed by atoms with E-state index in [-0.39, 0.29) is 24.3 Å². The van der Waals surface area contributed by atoms with E-state index in [1.165, 1.54) is 6.92 Å². The first kappa shape index (κ1) is 17.9. The lowest BCUT2D eigenvalue weighted by Crippen LogP contribution is -2.32. The molecule has 3 aromatic rings. The van der Waals surface area contributed by atoms with Gasteiger partial charge in [-0.15, -0.1) is 11.3 Å². The van der Waals surface area contributed by atoms with E-state index in [9.17, 15) is 9.59 Å². The van der Waals surface area contributed by atoms with Crippen LogP contribution in [0, 0.1) is 0 Å². The van der Waals surface area contributed by atoms with E-state index >= 15 is 0 Å². The van der Waals surface area contributed by atoms with E-state index in [4.69, 9.17) is 4.74 Å². The Morgan fingerprint density at radius 2 is 1.73 bits per heavy atom. The topological polar surface area (TPSA) is 55.4 Å². The molecule has 0 fully saturated rings. The summed E-state index contributed by atoms with van der Waals surface area (Å²) < 4.78 is 5.54. The fraction of sp³-hybridized carbons (Fsp3) is 0.143. The minimum atomic E-state index is -0.206. The highest BCUT2D eigenvalue weighted by Crippen LogP contribution is 2.25. The number of rotatable bonds is 7. The highest BCUT2D eigenvalue weighted by atomic mass is 32.1. The zero-order chi connectivity index (χ0) is 18.4. The maximum Gasteiger partial charge on any atom is 0.258 e. The Morgan fingerprint density at radius 3 is 2.35 bits per heavy atom. The van der Waals surface area contributed by atoms with Gasteiger partial charge in [0.2, 0.25) is 0 Å². The summed E-state index contributed by atoms with van der Waals surface area (Å²) in [6, 6.07) is 20.4. The number of carbonyl (C=O) groups is 2. The monoisotopic (exact) mass is 365 g/mol. The van der Waals surface area contributed by atoms with E-state index in [0.717, 1.165) is 10.4 Å². The van der Waals surface area contributed by atoms with E-state index in [1.807, 2.05) is 47.8 Å². The summed E-state index contributed by atoms with van der Waals surface area (Å²) in [6.45, 7) is 1.42. The molecule has 1 aromatic heterocycles. The Balaban J connectivity index is 1.64. The zero-order valence-corrected chi connectivity index (χ0v) is 15.2. The van der Waals surface area contributed by atoms with Gasteiger partial charge in [0.25, 0.3) is 5.91 Å². The van der Waals surface area contributed by atoms with Gasteiger partial charge in [-0.2, -0.15) is 0 Å². The van der Waals surface area contributed by atoms with Gasteiger partial charge in [-0.1, -0.05) is 36.4 Å². The van der Waals surface area contributed by atoms with Crippen molar-refractivity contribution < 1.29 is 14.3 Å². The molecule has 0 saturated carbocycles. The van der Waals surface area contributed by atoms with Gasteiger partial charge < -0.3 is 10.1 Å². The Hall–Kier alpha value is -2.92. The Kier molecular flexibility index (Phi) is 5.81. The minimum absolute atomic E-state index is 0.00376. The lowest BCUT2D eigenvalue weighted by atomic mass is 10.1. The number of hydrogen-bond donors (Lipinski definition) is 1. The molecule has 0 unspecified atom stereocenters. The molecule has 1 heterocycles. The molecular weight excluding hydrogens is 346 g/mol. The first-order chi connectivity index (χ1) is 12.6. The van der Waals surface area contributed by atoms with Gasteiger partial charge in [-0.05, 0) is 48.2 Å². The Morgan fingerprint density at radius 1 is 1.00 bits per heavy atom. The fourth-order valence-electron chi connectivity index (χ4n) is 2.56. The smallest absolute Gasteiger partial charge is 0.258 e. The molecule has 0 bridgehead atoms. The summed E-state index contributed by atoms with van der Waals surface area (Å²) in [5.41, 5.74) is 1.64. The average molecular weight is 365 g/mol. The molecule has 2 aromatic carbocycles. The van der Waals surface area contributed by atoms with Gasteiger partial charge in [-0.3, -0.25) is 9.59 Å². The Bertz CT molecular complexity index is 858. The van der Waals surface area contributed by atoms with Crippen LogP contribution in [0.5, 0.6) is 5.75 Å². The molecule has 0 radical (unpaired) electrons. The summed E-state index contributed by atoms with van der Waals surface area (Å²) >= 11 is 1.60. The molecule has 132 valence electrons. The number of ketones is 1. The number of benzene rings is 2. The quantitative estimate of drug-likeness (QED) is 0.637. The number of Topliss-reactive ketones (excluding diaryl/α,β-unsaturated/α-hetero) is 1. The van der Waals surface area contributed by atoms with E-state index in [0.29, 0.717) is 11.3 Å². The standard InChI is InChI=1S/C21H19NO3S/c1-15(23)16-9-11-18(12-10-16)25-14-20(24)22-21(19-8-5-13-26-19)17-6-3-2-4-7-17/h2-13,21H,14H2,1H3,(H,22,24)/t21-/m0/s1. The van der Waals surface area contributed by atoms with Gasteiger partial charge in [0.05, 0.1) is 6.04 Å². The van der Waals surface area contributed by atoms with Crippen molar-refractivity contribution in [3.05, 3.63) is 88.1 Å². The lowest BCUT2D eigenvalue weighted by Gasteiger charge is -2.18. The first-order valence-corrected chi connectivity index (χ1v) is 9.13. The van der Waals surface area contributed by atoms with Crippen molar-refractivity contribution in [2.75, 3.05) is 6.61 Å². The highest BCUT2D eigenvalue weighted by Gasteiger charge is 2.18. The van der Waals surface area contributed by atoms with Crippen LogP contribution in [0.1, 0.15) is 33.8 Å². The lowest BCUT2D eigenvalue weighted by molar-refractivity contribution is -0.123. The molecule has 0 aliphatic heterocycles. The molecule has 0 spiro atoms. The van der Waals surface area contributed by atoms with Gasteiger partial charge in [0.1, 0.15) is 5.75 Å². The number of carbonyl (C=O) groups excluding carboxylic acids is 2. The van der Waals surface area contributed by atoms with Crippen molar-refractivity contribution in [3.63, 3.8) is 0 Å². The van der Waals surface area contributed by atoms with E-state index in [2.05, 4.69) is 5.32 Å². The van der Waals surface area contributed by atoms with Crippen LogP contribution in [-0.2, 0) is 4.79 Å². The van der Waals surface area contributed by atoms with E-state index in [1.54, 1.807) is 35.6 Å². The second kappa shape index (κ2) is 8.45. The normalized spacial score (nSPS) is 11.6. The molecule has 1 atom stereocenters. The average Bonchev–Trinajstić information content (AvgIpc) is 3.20. The Labute approximate surface area is 156 Å². The molecule has 0 saturated heterocycles. The summed E-state index contributed by atoms with van der Waals surface area (Å²) in [7, 11) is 0. The zero-order valence-electron chi connectivity index (χ0n) is 14.3. The van der Waals surface area contributed by atoms with Crippen LogP contribution in [0.25, 0.3) is 0 Å². The highest BCUT2D eigenvalue weighted by molar-refractivity contribution is 7.10. The largest absolute Gasteiger partial charge is 0.484 e. The van der Waals surface area contributed by atoms with Crippen molar-refractivity contribution in [2.24, 2.45) is 0 Å². The third-order valence-corrected chi connectivity index (χ3v) is 4.83. The van der Waals surface area contributed by atoms with Crippen LogP contribution in [0.3, 0.4) is 0 Å². The second-order valence-electron chi connectivity index (χ2n) is 5.80. The third kappa shape index (κ3) is 4.58. The maximum absolute atomic E-state index is 12.4. The fourth-order valence-corrected chi connectivity index (χ4v) is 3.36. The number of amides is 1. The van der Waals surface area contributed by atoms with Crippen LogP contribution in [0.4, 0.5) is 0 Å². The minimum Gasteiger partial charge on any atom is -0.484 e. The number of ether oxygens (including phenoxy) is 1. The summed E-state index contributed by atoms with van der Waals surface area (Å²) in [5, 5.41) is 5.02. The van der Waals surface area contributed by atoms with Crippen molar-refractivity contribution in [1.82, 2.24) is 5.32 Å². The van der Waals surface area contributed by atoms with Crippen LogP contribution in [-0.4, -0.2) is 18.3 Å². The van der Waals surface area contributed by atoms with Crippen molar-refractivity contribution in [3.8, 4) is 5.75 Å². The van der Waals surface area contributed by atoms with Crippen molar-refractivity contribution >= 4 is 23.0 Å². The number of nitrogens with one attached hydrogen (secondary N) is 1.